The van der Waals surface area contributed by atoms with E-state index in [4.69, 9.17) is 11.6 Å². The molecule has 0 amide bonds. The van der Waals surface area contributed by atoms with E-state index in [1.165, 1.54) is 0 Å². The van der Waals surface area contributed by atoms with E-state index in [-0.39, 0.29) is 0 Å². The first-order valence-electron chi connectivity index (χ1n) is 6.24. The zero-order chi connectivity index (χ0) is 13.8. The summed E-state index contributed by atoms with van der Waals surface area (Å²) in [4.78, 5) is 12.7. The van der Waals surface area contributed by atoms with Crippen LogP contribution in [0.25, 0.3) is 22.4 Å². The maximum atomic E-state index is 5.92. The lowest BCUT2D eigenvalue weighted by molar-refractivity contribution is 1.23. The lowest BCUT2D eigenvalue weighted by Gasteiger charge is -2.10. The molecule has 3 nitrogen and oxygen atoms in total. The van der Waals surface area contributed by atoms with Crippen LogP contribution in [0.1, 0.15) is 5.56 Å². The average Bonchev–Trinajstić information content (AvgIpc) is 2.56. The van der Waals surface area contributed by atoms with Gasteiger partial charge >= 0.3 is 0 Å². The van der Waals surface area contributed by atoms with Gasteiger partial charge < -0.3 is 0 Å². The lowest BCUT2D eigenvalue weighted by atomic mass is 9.99. The third-order valence-electron chi connectivity index (χ3n) is 3.04. The number of hydrogen-bond acceptors (Lipinski definition) is 3. The van der Waals surface area contributed by atoms with Crippen LogP contribution in [0.15, 0.2) is 61.3 Å². The van der Waals surface area contributed by atoms with E-state index in [0.29, 0.717) is 5.88 Å². The van der Waals surface area contributed by atoms with E-state index in [1.54, 1.807) is 24.8 Å². The molecule has 0 aliphatic rings. The molecular formula is C16H12ClN3. The van der Waals surface area contributed by atoms with E-state index in [2.05, 4.69) is 21.0 Å². The Morgan fingerprint density at radius 2 is 1.45 bits per heavy atom. The van der Waals surface area contributed by atoms with Gasteiger partial charge in [0.05, 0.1) is 5.69 Å². The van der Waals surface area contributed by atoms with Gasteiger partial charge in [-0.05, 0) is 41.5 Å². The van der Waals surface area contributed by atoms with Crippen LogP contribution in [-0.4, -0.2) is 15.0 Å². The van der Waals surface area contributed by atoms with E-state index in [0.717, 1.165) is 27.9 Å². The standard InChI is InChI=1S/C16H12ClN3/c17-10-12-9-15(13-1-5-18-6-2-13)16(20-11-12)14-3-7-19-8-4-14/h1-9,11H,10H2. The molecule has 4 heteroatoms. The number of alkyl halides is 1. The molecule has 0 spiro atoms. The Balaban J connectivity index is 2.20. The fourth-order valence-corrected chi connectivity index (χ4v) is 2.22. The second-order valence-corrected chi connectivity index (χ2v) is 4.61. The molecule has 0 N–H and O–H groups in total. The van der Waals surface area contributed by atoms with Gasteiger partial charge in [-0.15, -0.1) is 11.6 Å². The third-order valence-corrected chi connectivity index (χ3v) is 3.35. The number of hydrogen-bond donors (Lipinski definition) is 0. The normalized spacial score (nSPS) is 10.4. The van der Waals surface area contributed by atoms with Crippen molar-refractivity contribution in [3.8, 4) is 22.4 Å². The van der Waals surface area contributed by atoms with Gasteiger partial charge in [0.25, 0.3) is 0 Å². The second kappa shape index (κ2) is 5.80. The molecule has 0 atom stereocenters. The molecule has 0 aliphatic carbocycles. The van der Waals surface area contributed by atoms with Gasteiger partial charge in [-0.1, -0.05) is 0 Å². The summed E-state index contributed by atoms with van der Waals surface area (Å²) < 4.78 is 0. The first kappa shape index (κ1) is 12.8. The number of aromatic nitrogens is 3. The summed E-state index contributed by atoms with van der Waals surface area (Å²) in [5, 5.41) is 0. The highest BCUT2D eigenvalue weighted by atomic mass is 35.5. The molecule has 0 fully saturated rings. The van der Waals surface area contributed by atoms with Crippen molar-refractivity contribution < 1.29 is 0 Å². The monoisotopic (exact) mass is 281 g/mol. The summed E-state index contributed by atoms with van der Waals surface area (Å²) in [6.45, 7) is 0. The molecule has 0 radical (unpaired) electrons. The number of rotatable bonds is 3. The van der Waals surface area contributed by atoms with Crippen LogP contribution >= 0.6 is 11.6 Å². The van der Waals surface area contributed by atoms with Gasteiger partial charge in [0.1, 0.15) is 0 Å². The summed E-state index contributed by atoms with van der Waals surface area (Å²) in [6.07, 6.45) is 8.90. The van der Waals surface area contributed by atoms with Crippen molar-refractivity contribution in [1.29, 1.82) is 0 Å². The average molecular weight is 282 g/mol. The highest BCUT2D eigenvalue weighted by molar-refractivity contribution is 6.17. The maximum Gasteiger partial charge on any atom is 0.0781 e. The quantitative estimate of drug-likeness (QED) is 0.683. The van der Waals surface area contributed by atoms with Crippen LogP contribution in [0.5, 0.6) is 0 Å². The molecule has 0 aromatic carbocycles. The molecule has 0 unspecified atom stereocenters. The summed E-state index contributed by atoms with van der Waals surface area (Å²) >= 11 is 5.92. The van der Waals surface area contributed by atoms with Crippen LogP contribution in [0, 0.1) is 0 Å². The Morgan fingerprint density at radius 1 is 0.850 bits per heavy atom. The Kier molecular flexibility index (Phi) is 3.70. The minimum atomic E-state index is 0.446. The molecular weight excluding hydrogens is 270 g/mol. The Bertz CT molecular complexity index is 699. The van der Waals surface area contributed by atoms with Crippen LogP contribution in [0.2, 0.25) is 0 Å². The van der Waals surface area contributed by atoms with Crippen molar-refractivity contribution >= 4 is 11.6 Å². The fraction of sp³-hybridized carbons (Fsp3) is 0.0625. The fourth-order valence-electron chi connectivity index (χ4n) is 2.07. The lowest BCUT2D eigenvalue weighted by Crippen LogP contribution is -1.92. The first-order valence-corrected chi connectivity index (χ1v) is 6.77. The van der Waals surface area contributed by atoms with Crippen molar-refractivity contribution in [3.05, 3.63) is 66.9 Å². The molecule has 0 saturated carbocycles. The van der Waals surface area contributed by atoms with Gasteiger partial charge in [0, 0.05) is 48.0 Å². The van der Waals surface area contributed by atoms with E-state index >= 15 is 0 Å². The third kappa shape index (κ3) is 2.53. The van der Waals surface area contributed by atoms with Crippen molar-refractivity contribution in [2.75, 3.05) is 0 Å². The number of nitrogens with zero attached hydrogens (tertiary/aromatic N) is 3. The number of halogens is 1. The minimum absolute atomic E-state index is 0.446. The molecule has 3 aromatic rings. The summed E-state index contributed by atoms with van der Waals surface area (Å²) in [7, 11) is 0. The SMILES string of the molecule is ClCc1cnc(-c2ccncc2)c(-c2ccncc2)c1. The molecule has 20 heavy (non-hydrogen) atoms. The summed E-state index contributed by atoms with van der Waals surface area (Å²) in [5.74, 6) is 0.446. The molecule has 0 saturated heterocycles. The Morgan fingerprint density at radius 3 is 2.05 bits per heavy atom. The summed E-state index contributed by atoms with van der Waals surface area (Å²) in [6, 6.07) is 9.92. The van der Waals surface area contributed by atoms with Crippen LogP contribution < -0.4 is 0 Å². The second-order valence-electron chi connectivity index (χ2n) is 4.35. The van der Waals surface area contributed by atoms with Gasteiger partial charge in [-0.3, -0.25) is 15.0 Å². The molecule has 98 valence electrons. The first-order chi connectivity index (χ1) is 9.88. The van der Waals surface area contributed by atoms with E-state index in [9.17, 15) is 0 Å². The predicted molar refractivity (Wildman–Crippen MR) is 80.3 cm³/mol. The van der Waals surface area contributed by atoms with E-state index in [1.807, 2.05) is 30.5 Å². The maximum absolute atomic E-state index is 5.92. The Labute approximate surface area is 122 Å². The highest BCUT2D eigenvalue weighted by Gasteiger charge is 2.10. The van der Waals surface area contributed by atoms with Gasteiger partial charge in [0.2, 0.25) is 0 Å². The number of pyridine rings is 3. The summed E-state index contributed by atoms with van der Waals surface area (Å²) in [5.41, 5.74) is 5.08. The van der Waals surface area contributed by atoms with Crippen LogP contribution in [0.4, 0.5) is 0 Å². The van der Waals surface area contributed by atoms with Gasteiger partial charge in [-0.2, -0.15) is 0 Å². The van der Waals surface area contributed by atoms with Crippen molar-refractivity contribution in [2.24, 2.45) is 0 Å². The topological polar surface area (TPSA) is 38.7 Å². The van der Waals surface area contributed by atoms with Crippen molar-refractivity contribution in [2.45, 2.75) is 5.88 Å². The van der Waals surface area contributed by atoms with Gasteiger partial charge in [-0.25, -0.2) is 0 Å². The predicted octanol–water partition coefficient (Wildman–Crippen LogP) is 3.94. The molecule has 3 heterocycles. The highest BCUT2D eigenvalue weighted by Crippen LogP contribution is 2.30. The van der Waals surface area contributed by atoms with E-state index < -0.39 is 0 Å². The van der Waals surface area contributed by atoms with Crippen molar-refractivity contribution in [1.82, 2.24) is 15.0 Å². The van der Waals surface area contributed by atoms with Gasteiger partial charge in [0.15, 0.2) is 0 Å². The van der Waals surface area contributed by atoms with Crippen LogP contribution in [0.3, 0.4) is 0 Å². The van der Waals surface area contributed by atoms with Crippen LogP contribution in [-0.2, 0) is 5.88 Å². The largest absolute Gasteiger partial charge is 0.265 e. The molecule has 0 bridgehead atoms. The van der Waals surface area contributed by atoms with Crippen molar-refractivity contribution in [3.63, 3.8) is 0 Å². The minimum Gasteiger partial charge on any atom is -0.265 e. The molecule has 3 aromatic heterocycles. The smallest absolute Gasteiger partial charge is 0.0781 e. The molecule has 0 aliphatic heterocycles. The Hall–Kier alpha value is -2.26. The zero-order valence-corrected chi connectivity index (χ0v) is 11.5. The zero-order valence-electron chi connectivity index (χ0n) is 10.7. The molecule has 3 rings (SSSR count).